The first-order valence-corrected chi connectivity index (χ1v) is 8.12. The summed E-state index contributed by atoms with van der Waals surface area (Å²) >= 11 is 0. The highest BCUT2D eigenvalue weighted by molar-refractivity contribution is 8.93. The molecule has 3 aromatic rings. The molecule has 4 rings (SSSR count). The van der Waals surface area contributed by atoms with E-state index in [4.69, 9.17) is 4.98 Å². The summed E-state index contributed by atoms with van der Waals surface area (Å²) in [4.78, 5) is 4.84. The number of fused-ring (bicyclic) bond motifs is 1. The Morgan fingerprint density at radius 2 is 1.42 bits per heavy atom. The van der Waals surface area contributed by atoms with Gasteiger partial charge in [-0.15, -0.1) is 34.0 Å². The fourth-order valence-electron chi connectivity index (χ4n) is 3.34. The Hall–Kier alpha value is -1.47. The molecule has 0 saturated heterocycles. The lowest BCUT2D eigenvalue weighted by atomic mass is 10.1. The molecule has 5 N–H and O–H groups in total. The number of pyridine rings is 1. The number of anilines is 1. The predicted molar refractivity (Wildman–Crippen MR) is 121 cm³/mol. The molecule has 1 aliphatic carbocycles. The zero-order valence-corrected chi connectivity index (χ0v) is 17.9. The van der Waals surface area contributed by atoms with Crippen molar-refractivity contribution in [2.24, 2.45) is 0 Å². The number of para-hydroxylation sites is 1. The van der Waals surface area contributed by atoms with Crippen molar-refractivity contribution in [1.82, 2.24) is 4.98 Å². The van der Waals surface area contributed by atoms with Gasteiger partial charge >= 0.3 is 0 Å². The van der Waals surface area contributed by atoms with Gasteiger partial charge in [0.05, 0.1) is 11.2 Å². The normalized spacial score (nSPS) is 12.9. The van der Waals surface area contributed by atoms with E-state index >= 15 is 0 Å². The minimum Gasteiger partial charge on any atom is -0.412 e. The summed E-state index contributed by atoms with van der Waals surface area (Å²) in [5, 5.41) is 4.97. The summed E-state index contributed by atoms with van der Waals surface area (Å²) in [6, 6.07) is 21.6. The molecule has 0 amide bonds. The SMILES string of the molecule is Br.Br.O.O.c1ccc(-c2cc(NC3CCCC3)c3ccccc3n2)cc1. The van der Waals surface area contributed by atoms with Crippen molar-refractivity contribution in [3.05, 3.63) is 60.7 Å². The minimum absolute atomic E-state index is 0. The first kappa shape index (κ1) is 24.5. The maximum absolute atomic E-state index is 4.84. The van der Waals surface area contributed by atoms with Crippen LogP contribution in [-0.2, 0) is 0 Å². The molecule has 0 atom stereocenters. The standard InChI is InChI=1S/C20H20N2.2BrH.2H2O/c1-2-8-15(9-3-1)19-14-20(21-16-10-4-5-11-16)17-12-6-7-13-18(17)22-19;;;;/h1-3,6-9,12-14,16H,4-5,10-11H2,(H,21,22);2*1H;2*1H2. The Morgan fingerprint density at radius 1 is 0.808 bits per heavy atom. The van der Waals surface area contributed by atoms with E-state index in [0.717, 1.165) is 11.2 Å². The molecule has 4 nitrogen and oxygen atoms in total. The summed E-state index contributed by atoms with van der Waals surface area (Å²) < 4.78 is 0. The molecule has 0 radical (unpaired) electrons. The number of nitrogens with zero attached hydrogens (tertiary/aromatic N) is 1. The van der Waals surface area contributed by atoms with Crippen molar-refractivity contribution in [3.8, 4) is 11.3 Å². The molecule has 1 aromatic heterocycles. The van der Waals surface area contributed by atoms with E-state index in [1.54, 1.807) is 0 Å². The second-order valence-corrected chi connectivity index (χ2v) is 6.06. The number of nitrogens with one attached hydrogen (secondary N) is 1. The summed E-state index contributed by atoms with van der Waals surface area (Å²) in [7, 11) is 0. The molecule has 1 aliphatic rings. The zero-order chi connectivity index (χ0) is 14.8. The van der Waals surface area contributed by atoms with E-state index in [1.165, 1.54) is 42.3 Å². The number of aromatic nitrogens is 1. The van der Waals surface area contributed by atoms with E-state index in [-0.39, 0.29) is 44.9 Å². The van der Waals surface area contributed by atoms with Gasteiger partial charge in [0, 0.05) is 22.7 Å². The second kappa shape index (κ2) is 11.3. The number of hydrogen-bond donors (Lipinski definition) is 1. The van der Waals surface area contributed by atoms with E-state index in [2.05, 4.69) is 59.9 Å². The van der Waals surface area contributed by atoms with Gasteiger partial charge < -0.3 is 16.3 Å². The molecule has 2 aromatic carbocycles. The van der Waals surface area contributed by atoms with E-state index in [9.17, 15) is 0 Å². The van der Waals surface area contributed by atoms with Gasteiger partial charge in [-0.25, -0.2) is 4.98 Å². The molecule has 0 aliphatic heterocycles. The van der Waals surface area contributed by atoms with Gasteiger partial charge in [0.2, 0.25) is 0 Å². The summed E-state index contributed by atoms with van der Waals surface area (Å²) in [6.07, 6.45) is 5.23. The maximum atomic E-state index is 4.84. The number of halogens is 2. The average Bonchev–Trinajstić information content (AvgIpc) is 3.09. The summed E-state index contributed by atoms with van der Waals surface area (Å²) in [5.74, 6) is 0. The van der Waals surface area contributed by atoms with Gasteiger partial charge in [-0.2, -0.15) is 0 Å². The van der Waals surface area contributed by atoms with Crippen LogP contribution in [0.1, 0.15) is 25.7 Å². The van der Waals surface area contributed by atoms with Crippen LogP contribution in [0.2, 0.25) is 0 Å². The van der Waals surface area contributed by atoms with Crippen LogP contribution < -0.4 is 5.32 Å². The summed E-state index contributed by atoms with van der Waals surface area (Å²) in [6.45, 7) is 0. The maximum Gasteiger partial charge on any atom is 0.0730 e. The Bertz CT molecular complexity index is 794. The lowest BCUT2D eigenvalue weighted by molar-refractivity contribution is 0.756. The molecule has 142 valence electrons. The van der Waals surface area contributed by atoms with E-state index in [0.29, 0.717) is 6.04 Å². The third-order valence-corrected chi connectivity index (χ3v) is 4.50. The number of benzene rings is 2. The number of hydrogen-bond acceptors (Lipinski definition) is 2. The Morgan fingerprint density at radius 3 is 2.12 bits per heavy atom. The molecule has 0 spiro atoms. The lowest BCUT2D eigenvalue weighted by Crippen LogP contribution is -2.14. The highest BCUT2D eigenvalue weighted by Crippen LogP contribution is 2.31. The third kappa shape index (κ3) is 5.27. The molecule has 1 saturated carbocycles. The van der Waals surface area contributed by atoms with Crippen LogP contribution in [0.4, 0.5) is 5.69 Å². The van der Waals surface area contributed by atoms with Crippen molar-refractivity contribution in [2.45, 2.75) is 31.7 Å². The smallest absolute Gasteiger partial charge is 0.0730 e. The Labute approximate surface area is 175 Å². The predicted octanol–water partition coefficient (Wildman–Crippen LogP) is 4.76. The molecular weight excluding hydrogens is 460 g/mol. The van der Waals surface area contributed by atoms with Crippen LogP contribution in [0.3, 0.4) is 0 Å². The molecule has 26 heavy (non-hydrogen) atoms. The van der Waals surface area contributed by atoms with Gasteiger partial charge in [-0.05, 0) is 25.0 Å². The molecule has 6 heteroatoms. The summed E-state index contributed by atoms with van der Waals surface area (Å²) in [5.41, 5.74) is 4.49. The van der Waals surface area contributed by atoms with Crippen LogP contribution in [0.25, 0.3) is 22.2 Å². The molecule has 1 heterocycles. The van der Waals surface area contributed by atoms with Crippen molar-refractivity contribution in [2.75, 3.05) is 5.32 Å². The van der Waals surface area contributed by atoms with Crippen LogP contribution in [-0.4, -0.2) is 22.0 Å². The highest BCUT2D eigenvalue weighted by atomic mass is 79.9. The fourth-order valence-corrected chi connectivity index (χ4v) is 3.34. The largest absolute Gasteiger partial charge is 0.412 e. The third-order valence-electron chi connectivity index (χ3n) is 4.50. The Balaban J connectivity index is 0.00000156. The van der Waals surface area contributed by atoms with Gasteiger partial charge in [-0.1, -0.05) is 61.4 Å². The second-order valence-electron chi connectivity index (χ2n) is 6.06. The Kier molecular flexibility index (Phi) is 10.6. The van der Waals surface area contributed by atoms with Crippen LogP contribution in [0.15, 0.2) is 60.7 Å². The van der Waals surface area contributed by atoms with Gasteiger partial charge in [-0.3, -0.25) is 0 Å². The monoisotopic (exact) mass is 484 g/mol. The van der Waals surface area contributed by atoms with Gasteiger partial charge in [0.1, 0.15) is 0 Å². The van der Waals surface area contributed by atoms with Crippen molar-refractivity contribution >= 4 is 50.6 Å². The molecule has 0 unspecified atom stereocenters. The quantitative estimate of drug-likeness (QED) is 0.579. The van der Waals surface area contributed by atoms with Crippen LogP contribution >= 0.6 is 34.0 Å². The highest BCUT2D eigenvalue weighted by Gasteiger charge is 2.16. The topological polar surface area (TPSA) is 87.9 Å². The molecular formula is C20H26Br2N2O2. The van der Waals surface area contributed by atoms with Crippen molar-refractivity contribution in [1.29, 1.82) is 0 Å². The first-order valence-electron chi connectivity index (χ1n) is 8.12. The van der Waals surface area contributed by atoms with E-state index < -0.39 is 0 Å². The van der Waals surface area contributed by atoms with Crippen molar-refractivity contribution < 1.29 is 11.0 Å². The van der Waals surface area contributed by atoms with E-state index in [1.807, 2.05) is 6.07 Å². The van der Waals surface area contributed by atoms with Gasteiger partial charge in [0.25, 0.3) is 0 Å². The van der Waals surface area contributed by atoms with Gasteiger partial charge in [0.15, 0.2) is 0 Å². The first-order chi connectivity index (χ1) is 10.9. The van der Waals surface area contributed by atoms with Crippen LogP contribution in [0.5, 0.6) is 0 Å². The van der Waals surface area contributed by atoms with Crippen LogP contribution in [0, 0.1) is 0 Å². The number of rotatable bonds is 3. The fraction of sp³-hybridized carbons (Fsp3) is 0.250. The minimum atomic E-state index is 0. The molecule has 1 fully saturated rings. The lowest BCUT2D eigenvalue weighted by Gasteiger charge is -2.17. The van der Waals surface area contributed by atoms with Crippen molar-refractivity contribution in [3.63, 3.8) is 0 Å². The zero-order valence-electron chi connectivity index (χ0n) is 14.4. The molecule has 0 bridgehead atoms. The average molecular weight is 486 g/mol.